The third-order valence-corrected chi connectivity index (χ3v) is 4.77. The number of piperidine rings is 1. The SMILES string of the molecule is CCOCC1CCCN(C(=O)NC2CCC(C(=O)O)CC2)C1. The van der Waals surface area contributed by atoms with E-state index in [-0.39, 0.29) is 18.0 Å². The van der Waals surface area contributed by atoms with Gasteiger partial charge >= 0.3 is 12.0 Å². The third-order valence-electron chi connectivity index (χ3n) is 4.77. The molecule has 22 heavy (non-hydrogen) atoms. The molecule has 1 saturated carbocycles. The summed E-state index contributed by atoms with van der Waals surface area (Å²) in [7, 11) is 0. The van der Waals surface area contributed by atoms with Gasteiger partial charge in [0.05, 0.1) is 12.5 Å². The second-order valence-electron chi connectivity index (χ2n) is 6.45. The Morgan fingerprint density at radius 1 is 1.23 bits per heavy atom. The van der Waals surface area contributed by atoms with Crippen molar-refractivity contribution in [1.29, 1.82) is 0 Å². The van der Waals surface area contributed by atoms with Crippen LogP contribution in [-0.4, -0.2) is 54.4 Å². The van der Waals surface area contributed by atoms with Gasteiger partial charge in [-0.05, 0) is 45.4 Å². The largest absolute Gasteiger partial charge is 0.481 e. The zero-order valence-electron chi connectivity index (χ0n) is 13.4. The molecule has 1 aliphatic carbocycles. The molecule has 1 atom stereocenters. The first-order valence-electron chi connectivity index (χ1n) is 8.46. The van der Waals surface area contributed by atoms with E-state index in [1.54, 1.807) is 0 Å². The second kappa shape index (κ2) is 8.36. The molecular weight excluding hydrogens is 284 g/mol. The van der Waals surface area contributed by atoms with E-state index in [9.17, 15) is 9.59 Å². The van der Waals surface area contributed by atoms with E-state index in [2.05, 4.69) is 5.32 Å². The van der Waals surface area contributed by atoms with Gasteiger partial charge in [0.1, 0.15) is 0 Å². The smallest absolute Gasteiger partial charge is 0.317 e. The number of carboxylic acid groups (broad SMARTS) is 1. The minimum Gasteiger partial charge on any atom is -0.481 e. The van der Waals surface area contributed by atoms with Crippen LogP contribution in [0.4, 0.5) is 4.79 Å². The van der Waals surface area contributed by atoms with Gasteiger partial charge in [-0.15, -0.1) is 0 Å². The molecule has 2 amide bonds. The van der Waals surface area contributed by atoms with Crippen LogP contribution in [0.1, 0.15) is 45.4 Å². The number of likely N-dealkylation sites (tertiary alicyclic amines) is 1. The van der Waals surface area contributed by atoms with Gasteiger partial charge in [0.25, 0.3) is 0 Å². The lowest BCUT2D eigenvalue weighted by molar-refractivity contribution is -0.142. The van der Waals surface area contributed by atoms with Crippen LogP contribution in [0.5, 0.6) is 0 Å². The van der Waals surface area contributed by atoms with Gasteiger partial charge in [0.2, 0.25) is 0 Å². The van der Waals surface area contributed by atoms with E-state index in [1.807, 2.05) is 11.8 Å². The molecule has 2 N–H and O–H groups in total. The van der Waals surface area contributed by atoms with Gasteiger partial charge in [0.15, 0.2) is 0 Å². The van der Waals surface area contributed by atoms with Crippen LogP contribution in [0.2, 0.25) is 0 Å². The van der Waals surface area contributed by atoms with Gasteiger partial charge in [-0.1, -0.05) is 0 Å². The van der Waals surface area contributed by atoms with Gasteiger partial charge in [0, 0.05) is 31.7 Å². The molecule has 2 rings (SSSR count). The molecule has 1 heterocycles. The van der Waals surface area contributed by atoms with Crippen molar-refractivity contribution in [3.63, 3.8) is 0 Å². The number of hydrogen-bond acceptors (Lipinski definition) is 3. The maximum atomic E-state index is 12.4. The number of rotatable bonds is 5. The van der Waals surface area contributed by atoms with Gasteiger partial charge in [-0.3, -0.25) is 4.79 Å². The molecule has 0 aromatic heterocycles. The Bertz CT molecular complexity index is 380. The lowest BCUT2D eigenvalue weighted by Crippen LogP contribution is -2.50. The molecule has 1 aliphatic heterocycles. The van der Waals surface area contributed by atoms with E-state index < -0.39 is 5.97 Å². The number of nitrogens with one attached hydrogen (secondary N) is 1. The highest BCUT2D eigenvalue weighted by atomic mass is 16.5. The number of carbonyl (C=O) groups is 2. The lowest BCUT2D eigenvalue weighted by atomic mass is 9.86. The van der Waals surface area contributed by atoms with Crippen LogP contribution < -0.4 is 5.32 Å². The summed E-state index contributed by atoms with van der Waals surface area (Å²) < 4.78 is 5.47. The van der Waals surface area contributed by atoms with Crippen molar-refractivity contribution >= 4 is 12.0 Å². The number of carboxylic acids is 1. The minimum atomic E-state index is -0.709. The summed E-state index contributed by atoms with van der Waals surface area (Å²) >= 11 is 0. The summed E-state index contributed by atoms with van der Waals surface area (Å²) in [5.74, 6) is -0.513. The molecule has 0 radical (unpaired) electrons. The van der Waals surface area contributed by atoms with Gasteiger partial charge < -0.3 is 20.1 Å². The Balaban J connectivity index is 1.74. The van der Waals surface area contributed by atoms with Crippen molar-refractivity contribution in [3.8, 4) is 0 Å². The Morgan fingerprint density at radius 3 is 2.59 bits per heavy atom. The zero-order valence-corrected chi connectivity index (χ0v) is 13.4. The van der Waals surface area contributed by atoms with E-state index in [0.717, 1.165) is 52.0 Å². The number of aliphatic carboxylic acids is 1. The Hall–Kier alpha value is -1.30. The molecule has 2 fully saturated rings. The summed E-state index contributed by atoms with van der Waals surface area (Å²) in [6.45, 7) is 5.00. The van der Waals surface area contributed by atoms with Crippen molar-refractivity contribution in [2.45, 2.75) is 51.5 Å². The molecule has 2 aliphatic rings. The van der Waals surface area contributed by atoms with Crippen LogP contribution in [0.15, 0.2) is 0 Å². The number of carbonyl (C=O) groups excluding carboxylic acids is 1. The van der Waals surface area contributed by atoms with E-state index >= 15 is 0 Å². The molecule has 0 aromatic rings. The second-order valence-corrected chi connectivity index (χ2v) is 6.45. The monoisotopic (exact) mass is 312 g/mol. The van der Waals surface area contributed by atoms with Crippen LogP contribution in [0, 0.1) is 11.8 Å². The first kappa shape index (κ1) is 17.1. The first-order chi connectivity index (χ1) is 10.6. The third kappa shape index (κ3) is 4.87. The highest BCUT2D eigenvalue weighted by Crippen LogP contribution is 2.25. The minimum absolute atomic E-state index is 0.0000246. The average molecular weight is 312 g/mol. The number of hydrogen-bond donors (Lipinski definition) is 2. The van der Waals surface area contributed by atoms with E-state index in [0.29, 0.717) is 18.8 Å². The Morgan fingerprint density at radius 2 is 1.95 bits per heavy atom. The number of nitrogens with zero attached hydrogens (tertiary/aromatic N) is 1. The predicted molar refractivity (Wildman–Crippen MR) is 82.7 cm³/mol. The number of amides is 2. The zero-order chi connectivity index (χ0) is 15.9. The van der Waals surface area contributed by atoms with Gasteiger partial charge in [-0.2, -0.15) is 0 Å². The van der Waals surface area contributed by atoms with Crippen molar-refractivity contribution < 1.29 is 19.4 Å². The molecular formula is C16H28N2O4. The van der Waals surface area contributed by atoms with Crippen molar-refractivity contribution in [2.75, 3.05) is 26.3 Å². The average Bonchev–Trinajstić information content (AvgIpc) is 2.53. The fourth-order valence-electron chi connectivity index (χ4n) is 3.42. The van der Waals surface area contributed by atoms with Crippen LogP contribution in [0.3, 0.4) is 0 Å². The van der Waals surface area contributed by atoms with Crippen LogP contribution >= 0.6 is 0 Å². The lowest BCUT2D eigenvalue weighted by Gasteiger charge is -2.35. The molecule has 0 aromatic carbocycles. The normalized spacial score (nSPS) is 29.1. The summed E-state index contributed by atoms with van der Waals surface area (Å²) in [6, 6.07) is 0.121. The highest BCUT2D eigenvalue weighted by molar-refractivity contribution is 5.75. The molecule has 1 unspecified atom stereocenters. The maximum Gasteiger partial charge on any atom is 0.317 e. The maximum absolute atomic E-state index is 12.4. The topological polar surface area (TPSA) is 78.9 Å². The standard InChI is InChI=1S/C16H28N2O4/c1-2-22-11-12-4-3-9-18(10-12)16(21)17-14-7-5-13(6-8-14)15(19)20/h12-14H,2-11H2,1H3,(H,17,21)(H,19,20). The summed E-state index contributed by atoms with van der Waals surface area (Å²) in [5.41, 5.74) is 0. The molecule has 6 heteroatoms. The molecule has 1 saturated heterocycles. The number of ether oxygens (including phenoxy) is 1. The van der Waals surface area contributed by atoms with Crippen LogP contribution in [0.25, 0.3) is 0 Å². The molecule has 126 valence electrons. The number of urea groups is 1. The molecule has 0 spiro atoms. The first-order valence-corrected chi connectivity index (χ1v) is 8.46. The summed E-state index contributed by atoms with van der Waals surface area (Å²) in [6.07, 6.45) is 4.99. The summed E-state index contributed by atoms with van der Waals surface area (Å²) in [4.78, 5) is 25.2. The van der Waals surface area contributed by atoms with Crippen molar-refractivity contribution in [2.24, 2.45) is 11.8 Å². The Labute approximate surface area is 132 Å². The summed E-state index contributed by atoms with van der Waals surface area (Å²) in [5, 5.41) is 12.1. The Kier molecular flexibility index (Phi) is 6.49. The fourth-order valence-corrected chi connectivity index (χ4v) is 3.42. The fraction of sp³-hybridized carbons (Fsp3) is 0.875. The van der Waals surface area contributed by atoms with Crippen molar-refractivity contribution in [3.05, 3.63) is 0 Å². The van der Waals surface area contributed by atoms with Crippen LogP contribution in [-0.2, 0) is 9.53 Å². The quantitative estimate of drug-likeness (QED) is 0.815. The van der Waals surface area contributed by atoms with E-state index in [4.69, 9.17) is 9.84 Å². The highest BCUT2D eigenvalue weighted by Gasteiger charge is 2.29. The van der Waals surface area contributed by atoms with E-state index in [1.165, 1.54) is 0 Å². The van der Waals surface area contributed by atoms with Crippen molar-refractivity contribution in [1.82, 2.24) is 10.2 Å². The predicted octanol–water partition coefficient (Wildman–Crippen LogP) is 2.09. The molecule has 0 bridgehead atoms. The van der Waals surface area contributed by atoms with Gasteiger partial charge in [-0.25, -0.2) is 4.79 Å². The molecule has 6 nitrogen and oxygen atoms in total.